The molecule has 7 heteroatoms. The number of thiocarbonyl (C=S) groups is 1. The van der Waals surface area contributed by atoms with Crippen molar-refractivity contribution in [3.8, 4) is 0 Å². The standard InChI is InChI=1S/C7H10F4N2S/c8-5(9)7(10,11)3-12-6(14)13-4-1-2-4/h4-5H,1-3H2,(H2,12,13,14). The van der Waals surface area contributed by atoms with E-state index in [2.05, 4.69) is 22.9 Å². The summed E-state index contributed by atoms with van der Waals surface area (Å²) in [6.07, 6.45) is -1.79. The molecule has 2 N–H and O–H groups in total. The van der Waals surface area contributed by atoms with E-state index in [0.717, 1.165) is 12.8 Å². The molecule has 0 heterocycles. The van der Waals surface area contributed by atoms with Gasteiger partial charge < -0.3 is 10.6 Å². The van der Waals surface area contributed by atoms with Gasteiger partial charge in [-0.1, -0.05) is 0 Å². The molecule has 1 fully saturated rings. The minimum atomic E-state index is -4.03. The van der Waals surface area contributed by atoms with Gasteiger partial charge in [0.1, 0.15) is 0 Å². The summed E-state index contributed by atoms with van der Waals surface area (Å²) in [6, 6.07) is 0.218. The lowest BCUT2D eigenvalue weighted by atomic mass is 10.3. The van der Waals surface area contributed by atoms with Gasteiger partial charge in [0.05, 0.1) is 6.54 Å². The van der Waals surface area contributed by atoms with E-state index in [1.54, 1.807) is 0 Å². The molecule has 82 valence electrons. The van der Waals surface area contributed by atoms with E-state index in [1.807, 2.05) is 0 Å². The SMILES string of the molecule is FC(F)C(F)(F)CNC(=S)NC1CC1. The minimum absolute atomic E-state index is 0.00725. The monoisotopic (exact) mass is 230 g/mol. The van der Waals surface area contributed by atoms with Gasteiger partial charge in [-0.15, -0.1) is 0 Å². The van der Waals surface area contributed by atoms with E-state index in [-0.39, 0.29) is 11.2 Å². The molecule has 1 aliphatic carbocycles. The van der Waals surface area contributed by atoms with Gasteiger partial charge in [0, 0.05) is 6.04 Å². The third-order valence-corrected chi connectivity index (χ3v) is 1.98. The number of alkyl halides is 4. The smallest absolute Gasteiger partial charge is 0.324 e. The molecular formula is C7H10F4N2S. The summed E-state index contributed by atoms with van der Waals surface area (Å²) in [5.41, 5.74) is 0. The van der Waals surface area contributed by atoms with Crippen LogP contribution in [0.15, 0.2) is 0 Å². The van der Waals surface area contributed by atoms with Crippen LogP contribution in [0.1, 0.15) is 12.8 Å². The van der Waals surface area contributed by atoms with Crippen molar-refractivity contribution >= 4 is 17.3 Å². The first-order chi connectivity index (χ1) is 6.42. The van der Waals surface area contributed by atoms with Crippen LogP contribution in [0, 0.1) is 0 Å². The van der Waals surface area contributed by atoms with Gasteiger partial charge in [0.2, 0.25) is 0 Å². The normalized spacial score (nSPS) is 16.9. The van der Waals surface area contributed by atoms with Crippen LogP contribution in [0.25, 0.3) is 0 Å². The number of nitrogens with one attached hydrogen (secondary N) is 2. The Balaban J connectivity index is 2.20. The second-order valence-corrected chi connectivity index (χ2v) is 3.57. The van der Waals surface area contributed by atoms with Gasteiger partial charge >= 0.3 is 12.3 Å². The van der Waals surface area contributed by atoms with Crippen molar-refractivity contribution in [1.82, 2.24) is 10.6 Å². The van der Waals surface area contributed by atoms with E-state index in [9.17, 15) is 17.6 Å². The van der Waals surface area contributed by atoms with Crippen molar-refractivity contribution in [2.45, 2.75) is 31.2 Å². The molecule has 1 rings (SSSR count). The molecular weight excluding hydrogens is 220 g/mol. The second kappa shape index (κ2) is 4.29. The Kier molecular flexibility index (Phi) is 3.52. The van der Waals surface area contributed by atoms with Gasteiger partial charge in [-0.2, -0.15) is 8.78 Å². The van der Waals surface area contributed by atoms with E-state index in [0.29, 0.717) is 0 Å². The van der Waals surface area contributed by atoms with Crippen molar-refractivity contribution in [3.63, 3.8) is 0 Å². The molecule has 0 atom stereocenters. The molecule has 0 saturated heterocycles. The Labute approximate surface area is 84.0 Å². The third-order valence-electron chi connectivity index (χ3n) is 1.72. The molecule has 1 saturated carbocycles. The third kappa shape index (κ3) is 3.65. The fourth-order valence-corrected chi connectivity index (χ4v) is 0.978. The molecule has 0 aromatic heterocycles. The first kappa shape index (κ1) is 11.5. The van der Waals surface area contributed by atoms with Crippen LogP contribution in [0.5, 0.6) is 0 Å². The summed E-state index contributed by atoms with van der Waals surface area (Å²) in [4.78, 5) is 0. The quantitative estimate of drug-likeness (QED) is 0.565. The average Bonchev–Trinajstić information content (AvgIpc) is 2.85. The Bertz CT molecular complexity index is 218. The van der Waals surface area contributed by atoms with Crippen LogP contribution in [0.2, 0.25) is 0 Å². The van der Waals surface area contributed by atoms with Gasteiger partial charge in [-0.3, -0.25) is 0 Å². The molecule has 14 heavy (non-hydrogen) atoms. The van der Waals surface area contributed by atoms with Crippen LogP contribution >= 0.6 is 12.2 Å². The lowest BCUT2D eigenvalue weighted by molar-refractivity contribution is -0.122. The molecule has 0 aromatic carbocycles. The van der Waals surface area contributed by atoms with Crippen LogP contribution in [-0.2, 0) is 0 Å². The first-order valence-electron chi connectivity index (χ1n) is 4.12. The Morgan fingerprint density at radius 1 is 1.43 bits per heavy atom. The minimum Gasteiger partial charge on any atom is -0.360 e. The van der Waals surface area contributed by atoms with Gasteiger partial charge in [-0.05, 0) is 25.1 Å². The Hall–Kier alpha value is -0.590. The number of hydrogen-bond acceptors (Lipinski definition) is 1. The summed E-state index contributed by atoms with van der Waals surface area (Å²) >= 11 is 4.62. The fraction of sp³-hybridized carbons (Fsp3) is 0.857. The number of hydrogen-bond donors (Lipinski definition) is 2. The molecule has 0 aliphatic heterocycles. The maximum Gasteiger partial charge on any atom is 0.324 e. The topological polar surface area (TPSA) is 24.1 Å². The molecule has 0 unspecified atom stereocenters. The summed E-state index contributed by atoms with van der Waals surface area (Å²) in [5, 5.41) is 4.78. The van der Waals surface area contributed by atoms with Crippen LogP contribution < -0.4 is 10.6 Å². The zero-order valence-corrected chi connectivity index (χ0v) is 8.01. The maximum absolute atomic E-state index is 12.4. The highest BCUT2D eigenvalue weighted by Gasteiger charge is 2.40. The van der Waals surface area contributed by atoms with E-state index < -0.39 is 18.9 Å². The predicted octanol–water partition coefficient (Wildman–Crippen LogP) is 1.51. The molecule has 1 aliphatic rings. The lowest BCUT2D eigenvalue weighted by Crippen LogP contribution is -2.45. The Morgan fingerprint density at radius 2 is 2.00 bits per heavy atom. The molecule has 0 bridgehead atoms. The molecule has 0 amide bonds. The summed E-state index contributed by atoms with van der Waals surface area (Å²) in [6.45, 7) is -1.14. The molecule has 2 nitrogen and oxygen atoms in total. The second-order valence-electron chi connectivity index (χ2n) is 3.16. The number of rotatable bonds is 4. The highest BCUT2D eigenvalue weighted by molar-refractivity contribution is 7.80. The molecule has 0 aromatic rings. The number of halogens is 4. The van der Waals surface area contributed by atoms with Crippen molar-refractivity contribution in [1.29, 1.82) is 0 Å². The zero-order chi connectivity index (χ0) is 10.8. The van der Waals surface area contributed by atoms with Gasteiger partial charge in [-0.25, -0.2) is 8.78 Å². The predicted molar refractivity (Wildman–Crippen MR) is 47.7 cm³/mol. The van der Waals surface area contributed by atoms with E-state index >= 15 is 0 Å². The van der Waals surface area contributed by atoms with Crippen molar-refractivity contribution in [3.05, 3.63) is 0 Å². The van der Waals surface area contributed by atoms with Crippen LogP contribution in [0.3, 0.4) is 0 Å². The maximum atomic E-state index is 12.4. The summed E-state index contributed by atoms with van der Waals surface area (Å²) in [7, 11) is 0. The largest absolute Gasteiger partial charge is 0.360 e. The Morgan fingerprint density at radius 3 is 2.43 bits per heavy atom. The highest BCUT2D eigenvalue weighted by atomic mass is 32.1. The summed E-state index contributed by atoms with van der Waals surface area (Å²) in [5.74, 6) is -4.03. The van der Waals surface area contributed by atoms with E-state index in [4.69, 9.17) is 0 Å². The average molecular weight is 230 g/mol. The first-order valence-corrected chi connectivity index (χ1v) is 4.53. The lowest BCUT2D eigenvalue weighted by Gasteiger charge is -2.17. The highest BCUT2D eigenvalue weighted by Crippen LogP contribution is 2.21. The van der Waals surface area contributed by atoms with Crippen molar-refractivity contribution in [2.75, 3.05) is 6.54 Å². The summed E-state index contributed by atoms with van der Waals surface area (Å²) < 4.78 is 48.1. The fourth-order valence-electron chi connectivity index (χ4n) is 0.739. The molecule has 0 radical (unpaired) electrons. The van der Waals surface area contributed by atoms with Crippen LogP contribution in [-0.4, -0.2) is 30.0 Å². The molecule has 0 spiro atoms. The van der Waals surface area contributed by atoms with Crippen molar-refractivity contribution < 1.29 is 17.6 Å². The van der Waals surface area contributed by atoms with E-state index in [1.165, 1.54) is 0 Å². The van der Waals surface area contributed by atoms with Crippen molar-refractivity contribution in [2.24, 2.45) is 0 Å². The van der Waals surface area contributed by atoms with Crippen LogP contribution in [0.4, 0.5) is 17.6 Å². The van der Waals surface area contributed by atoms with Gasteiger partial charge in [0.25, 0.3) is 0 Å². The van der Waals surface area contributed by atoms with Gasteiger partial charge in [0.15, 0.2) is 5.11 Å². The zero-order valence-electron chi connectivity index (χ0n) is 7.20.